The van der Waals surface area contributed by atoms with E-state index in [1.165, 1.54) is 11.3 Å². The standard InChI is InChI=1S/C11H14N4OS/c1-7-5-8(2)15(14-7)6-9-3-4-17-10(9)11(16)13-12/h3-5H,6,12H2,1-2H3,(H,13,16). The maximum absolute atomic E-state index is 11.5. The lowest BCUT2D eigenvalue weighted by Crippen LogP contribution is -2.30. The molecule has 0 unspecified atom stereocenters. The van der Waals surface area contributed by atoms with Crippen LogP contribution in [0.1, 0.15) is 26.6 Å². The van der Waals surface area contributed by atoms with Gasteiger partial charge in [-0.2, -0.15) is 5.10 Å². The minimum atomic E-state index is -0.253. The highest BCUT2D eigenvalue weighted by Crippen LogP contribution is 2.18. The number of nitrogen functional groups attached to an aromatic ring is 1. The van der Waals surface area contributed by atoms with E-state index in [2.05, 4.69) is 10.5 Å². The molecule has 0 saturated carbocycles. The van der Waals surface area contributed by atoms with Gasteiger partial charge in [-0.3, -0.25) is 14.9 Å². The quantitative estimate of drug-likeness (QED) is 0.488. The highest BCUT2D eigenvalue weighted by atomic mass is 32.1. The van der Waals surface area contributed by atoms with E-state index in [1.54, 1.807) is 0 Å². The van der Waals surface area contributed by atoms with E-state index in [1.807, 2.05) is 36.0 Å². The predicted molar refractivity (Wildman–Crippen MR) is 66.8 cm³/mol. The fourth-order valence-electron chi connectivity index (χ4n) is 1.72. The Bertz CT molecular complexity index is 543. The molecular formula is C11H14N4OS. The first-order valence-electron chi connectivity index (χ1n) is 5.20. The Morgan fingerprint density at radius 2 is 2.35 bits per heavy atom. The largest absolute Gasteiger partial charge is 0.289 e. The summed E-state index contributed by atoms with van der Waals surface area (Å²) in [5.41, 5.74) is 5.14. The predicted octanol–water partition coefficient (Wildman–Crippen LogP) is 1.21. The van der Waals surface area contributed by atoms with Gasteiger partial charge in [0.25, 0.3) is 5.91 Å². The van der Waals surface area contributed by atoms with Gasteiger partial charge in [-0.15, -0.1) is 11.3 Å². The first-order chi connectivity index (χ1) is 8.11. The third kappa shape index (κ3) is 2.37. The fourth-order valence-corrected chi connectivity index (χ4v) is 2.54. The number of nitrogens with zero attached hydrogens (tertiary/aromatic N) is 2. The molecule has 0 aliphatic rings. The van der Waals surface area contributed by atoms with Crippen LogP contribution in [0.3, 0.4) is 0 Å². The molecule has 3 N–H and O–H groups in total. The molecule has 0 saturated heterocycles. The van der Waals surface area contributed by atoms with Crippen LogP contribution in [0, 0.1) is 13.8 Å². The second-order valence-corrected chi connectivity index (χ2v) is 4.75. The van der Waals surface area contributed by atoms with Gasteiger partial charge in [0.2, 0.25) is 0 Å². The van der Waals surface area contributed by atoms with E-state index in [0.29, 0.717) is 11.4 Å². The summed E-state index contributed by atoms with van der Waals surface area (Å²) in [6.07, 6.45) is 0. The monoisotopic (exact) mass is 250 g/mol. The third-order valence-electron chi connectivity index (χ3n) is 2.51. The highest BCUT2D eigenvalue weighted by Gasteiger charge is 2.13. The summed E-state index contributed by atoms with van der Waals surface area (Å²) >= 11 is 1.38. The van der Waals surface area contributed by atoms with E-state index in [0.717, 1.165) is 17.0 Å². The van der Waals surface area contributed by atoms with Crippen LogP contribution in [0.2, 0.25) is 0 Å². The molecule has 2 aromatic rings. The van der Waals surface area contributed by atoms with Crippen molar-refractivity contribution in [2.24, 2.45) is 5.84 Å². The van der Waals surface area contributed by atoms with E-state index in [9.17, 15) is 4.79 Å². The van der Waals surface area contributed by atoms with Crippen molar-refractivity contribution in [1.29, 1.82) is 0 Å². The molecule has 0 atom stereocenters. The summed E-state index contributed by atoms with van der Waals surface area (Å²) in [6.45, 7) is 4.53. The van der Waals surface area contributed by atoms with Gasteiger partial charge in [-0.1, -0.05) is 0 Å². The fraction of sp³-hybridized carbons (Fsp3) is 0.273. The van der Waals surface area contributed by atoms with Gasteiger partial charge >= 0.3 is 0 Å². The van der Waals surface area contributed by atoms with E-state index in [-0.39, 0.29) is 5.91 Å². The van der Waals surface area contributed by atoms with Crippen LogP contribution in [0.4, 0.5) is 0 Å². The molecule has 0 aromatic carbocycles. The van der Waals surface area contributed by atoms with Gasteiger partial charge in [0.15, 0.2) is 0 Å². The molecule has 1 amide bonds. The van der Waals surface area contributed by atoms with E-state index in [4.69, 9.17) is 5.84 Å². The zero-order valence-corrected chi connectivity index (χ0v) is 10.5. The van der Waals surface area contributed by atoms with E-state index >= 15 is 0 Å². The maximum atomic E-state index is 11.5. The van der Waals surface area contributed by atoms with Crippen molar-refractivity contribution in [3.8, 4) is 0 Å². The van der Waals surface area contributed by atoms with Crippen LogP contribution in [0.5, 0.6) is 0 Å². The Kier molecular flexibility index (Phi) is 3.26. The van der Waals surface area contributed by atoms with Crippen LogP contribution in [0.25, 0.3) is 0 Å². The Morgan fingerprint density at radius 3 is 2.94 bits per heavy atom. The number of carbonyl (C=O) groups is 1. The van der Waals surface area contributed by atoms with Gasteiger partial charge in [0, 0.05) is 5.69 Å². The van der Waals surface area contributed by atoms with Crippen molar-refractivity contribution in [1.82, 2.24) is 15.2 Å². The number of thiophene rings is 1. The molecule has 2 aromatic heterocycles. The van der Waals surface area contributed by atoms with Crippen molar-refractivity contribution in [2.75, 3.05) is 0 Å². The topological polar surface area (TPSA) is 72.9 Å². The number of hydrogen-bond donors (Lipinski definition) is 2. The van der Waals surface area contributed by atoms with Crippen LogP contribution in [-0.4, -0.2) is 15.7 Å². The number of aryl methyl sites for hydroxylation is 2. The van der Waals surface area contributed by atoms with Crippen molar-refractivity contribution in [2.45, 2.75) is 20.4 Å². The van der Waals surface area contributed by atoms with Gasteiger partial charge in [-0.05, 0) is 36.9 Å². The average molecular weight is 250 g/mol. The number of hydrogen-bond acceptors (Lipinski definition) is 4. The number of hydrazine groups is 1. The molecule has 2 rings (SSSR count). The smallest absolute Gasteiger partial charge is 0.275 e. The second-order valence-electron chi connectivity index (χ2n) is 3.83. The first kappa shape index (κ1) is 11.8. The molecule has 90 valence electrons. The summed E-state index contributed by atoms with van der Waals surface area (Å²) in [5.74, 6) is 4.89. The molecule has 2 heterocycles. The van der Waals surface area contributed by atoms with Crippen molar-refractivity contribution in [3.05, 3.63) is 39.3 Å². The normalized spacial score (nSPS) is 10.5. The molecule has 17 heavy (non-hydrogen) atoms. The van der Waals surface area contributed by atoms with E-state index < -0.39 is 0 Å². The lowest BCUT2D eigenvalue weighted by Gasteiger charge is -2.05. The summed E-state index contributed by atoms with van der Waals surface area (Å²) in [7, 11) is 0. The average Bonchev–Trinajstić information content (AvgIpc) is 2.86. The number of rotatable bonds is 3. The Labute approximate surface area is 103 Å². The Balaban J connectivity index is 2.27. The third-order valence-corrected chi connectivity index (χ3v) is 3.46. The van der Waals surface area contributed by atoms with Crippen LogP contribution in [0.15, 0.2) is 17.5 Å². The number of aromatic nitrogens is 2. The summed E-state index contributed by atoms with van der Waals surface area (Å²) in [5, 5.41) is 6.25. The Hall–Kier alpha value is -1.66. The first-order valence-corrected chi connectivity index (χ1v) is 6.08. The molecule has 0 fully saturated rings. The summed E-state index contributed by atoms with van der Waals surface area (Å²) < 4.78 is 1.88. The number of nitrogens with two attached hydrogens (primary N) is 1. The summed E-state index contributed by atoms with van der Waals surface area (Å²) in [4.78, 5) is 12.2. The van der Waals surface area contributed by atoms with Crippen molar-refractivity contribution >= 4 is 17.2 Å². The maximum Gasteiger partial charge on any atom is 0.275 e. The minimum Gasteiger partial charge on any atom is -0.289 e. The van der Waals surface area contributed by atoms with Gasteiger partial charge in [0.1, 0.15) is 0 Å². The molecule has 5 nitrogen and oxygen atoms in total. The molecular weight excluding hydrogens is 236 g/mol. The zero-order valence-electron chi connectivity index (χ0n) is 9.73. The lowest BCUT2D eigenvalue weighted by atomic mass is 10.2. The van der Waals surface area contributed by atoms with Crippen molar-refractivity contribution in [3.63, 3.8) is 0 Å². The zero-order chi connectivity index (χ0) is 12.4. The highest BCUT2D eigenvalue weighted by molar-refractivity contribution is 7.12. The SMILES string of the molecule is Cc1cc(C)n(Cc2ccsc2C(=O)NN)n1. The molecule has 0 spiro atoms. The molecule has 6 heteroatoms. The second kappa shape index (κ2) is 4.68. The molecule has 0 radical (unpaired) electrons. The lowest BCUT2D eigenvalue weighted by molar-refractivity contribution is 0.0956. The molecule has 0 aliphatic heterocycles. The number of amides is 1. The molecule has 0 bridgehead atoms. The number of carbonyl (C=O) groups excluding carboxylic acids is 1. The number of nitrogens with one attached hydrogen (secondary N) is 1. The summed E-state index contributed by atoms with van der Waals surface area (Å²) in [6, 6.07) is 3.93. The van der Waals surface area contributed by atoms with Crippen LogP contribution >= 0.6 is 11.3 Å². The van der Waals surface area contributed by atoms with Crippen LogP contribution in [-0.2, 0) is 6.54 Å². The van der Waals surface area contributed by atoms with Gasteiger partial charge in [0.05, 0.1) is 17.1 Å². The van der Waals surface area contributed by atoms with Crippen LogP contribution < -0.4 is 11.3 Å². The Morgan fingerprint density at radius 1 is 1.59 bits per heavy atom. The van der Waals surface area contributed by atoms with Gasteiger partial charge < -0.3 is 0 Å². The van der Waals surface area contributed by atoms with Gasteiger partial charge in [-0.25, -0.2) is 5.84 Å². The van der Waals surface area contributed by atoms with Crippen molar-refractivity contribution < 1.29 is 4.79 Å². The minimum absolute atomic E-state index is 0.253. The molecule has 0 aliphatic carbocycles.